The van der Waals surface area contributed by atoms with Crippen LogP contribution in [0.25, 0.3) is 0 Å². The van der Waals surface area contributed by atoms with E-state index in [0.29, 0.717) is 26.8 Å². The van der Waals surface area contributed by atoms with E-state index in [-0.39, 0.29) is 5.69 Å². The van der Waals surface area contributed by atoms with Gasteiger partial charge in [0, 0.05) is 5.69 Å². The highest BCUT2D eigenvalue weighted by atomic mass is 16.5. The molecule has 0 unspecified atom stereocenters. The fraction of sp³-hybridized carbons (Fsp3) is 0.105. The number of ether oxygens (including phenoxy) is 1. The Morgan fingerprint density at radius 3 is 2.46 bits per heavy atom. The number of amides is 5. The van der Waals surface area contributed by atoms with Crippen molar-refractivity contribution in [3.8, 4) is 11.8 Å². The van der Waals surface area contributed by atoms with Crippen LogP contribution in [0.2, 0.25) is 0 Å². The molecule has 1 aliphatic heterocycles. The molecule has 0 saturated carbocycles. The van der Waals surface area contributed by atoms with Crippen molar-refractivity contribution in [3.05, 3.63) is 54.1 Å². The van der Waals surface area contributed by atoms with Crippen LogP contribution in [-0.4, -0.2) is 42.3 Å². The Morgan fingerprint density at radius 1 is 1.11 bits per heavy atom. The SMILES string of the molecule is COc1ccc(N2C(=O)C(=O)N(CC(=O)Nc3cccc(C#N)c3)C2=O)cc1. The van der Waals surface area contributed by atoms with Crippen molar-refractivity contribution in [3.63, 3.8) is 0 Å². The third-order valence-corrected chi connectivity index (χ3v) is 3.96. The summed E-state index contributed by atoms with van der Waals surface area (Å²) in [7, 11) is 1.47. The summed E-state index contributed by atoms with van der Waals surface area (Å²) >= 11 is 0. The first-order valence-electron chi connectivity index (χ1n) is 8.08. The molecule has 28 heavy (non-hydrogen) atoms. The van der Waals surface area contributed by atoms with Gasteiger partial charge < -0.3 is 10.1 Å². The number of imide groups is 2. The number of nitriles is 1. The number of methoxy groups -OCH3 is 1. The Kier molecular flexibility index (Phi) is 5.04. The highest BCUT2D eigenvalue weighted by Gasteiger charge is 2.46. The van der Waals surface area contributed by atoms with Gasteiger partial charge in [0.2, 0.25) is 5.91 Å². The molecule has 140 valence electrons. The Balaban J connectivity index is 1.74. The van der Waals surface area contributed by atoms with E-state index in [0.717, 1.165) is 0 Å². The third kappa shape index (κ3) is 3.52. The van der Waals surface area contributed by atoms with Gasteiger partial charge in [-0.1, -0.05) is 6.07 Å². The summed E-state index contributed by atoms with van der Waals surface area (Å²) < 4.78 is 5.01. The number of benzene rings is 2. The van der Waals surface area contributed by atoms with Gasteiger partial charge in [0.1, 0.15) is 12.3 Å². The zero-order chi connectivity index (χ0) is 20.3. The highest BCUT2D eigenvalue weighted by Crippen LogP contribution is 2.24. The van der Waals surface area contributed by atoms with Crippen molar-refractivity contribution in [2.75, 3.05) is 23.9 Å². The minimum Gasteiger partial charge on any atom is -0.497 e. The number of carbonyl (C=O) groups excluding carboxylic acids is 4. The van der Waals surface area contributed by atoms with Crippen LogP contribution in [0.1, 0.15) is 5.56 Å². The van der Waals surface area contributed by atoms with Crippen LogP contribution in [0.15, 0.2) is 48.5 Å². The van der Waals surface area contributed by atoms with Crippen molar-refractivity contribution in [2.24, 2.45) is 0 Å². The number of rotatable bonds is 5. The molecule has 9 heteroatoms. The third-order valence-electron chi connectivity index (χ3n) is 3.96. The van der Waals surface area contributed by atoms with Gasteiger partial charge >= 0.3 is 17.8 Å². The lowest BCUT2D eigenvalue weighted by Crippen LogP contribution is -2.39. The molecule has 2 aromatic carbocycles. The normalized spacial score (nSPS) is 13.5. The first-order valence-corrected chi connectivity index (χ1v) is 8.08. The van der Waals surface area contributed by atoms with E-state index < -0.39 is 30.3 Å². The molecule has 0 spiro atoms. The molecule has 0 radical (unpaired) electrons. The summed E-state index contributed by atoms with van der Waals surface area (Å²) in [5.41, 5.74) is 0.863. The zero-order valence-corrected chi connectivity index (χ0v) is 14.7. The van der Waals surface area contributed by atoms with Gasteiger partial charge in [-0.15, -0.1) is 0 Å². The minimum atomic E-state index is -1.10. The predicted octanol–water partition coefficient (Wildman–Crippen LogP) is 1.50. The van der Waals surface area contributed by atoms with Gasteiger partial charge in [0.15, 0.2) is 0 Å². The standard InChI is InChI=1S/C19H14N4O5/c1-28-15-7-5-14(6-8-15)23-18(26)17(25)22(19(23)27)11-16(24)21-13-4-2-3-12(9-13)10-20/h2-9H,11H2,1H3,(H,21,24). The lowest BCUT2D eigenvalue weighted by atomic mass is 10.2. The molecule has 0 bridgehead atoms. The molecule has 5 amide bonds. The Bertz CT molecular complexity index is 1010. The number of urea groups is 1. The van der Waals surface area contributed by atoms with E-state index in [9.17, 15) is 19.2 Å². The Labute approximate surface area is 159 Å². The summed E-state index contributed by atoms with van der Waals surface area (Å²) in [6.07, 6.45) is 0. The lowest BCUT2D eigenvalue weighted by molar-refractivity contribution is -0.140. The second-order valence-corrected chi connectivity index (χ2v) is 5.75. The highest BCUT2D eigenvalue weighted by molar-refractivity contribution is 6.53. The molecule has 1 aliphatic rings. The van der Waals surface area contributed by atoms with E-state index in [1.54, 1.807) is 18.2 Å². The smallest absolute Gasteiger partial charge is 0.339 e. The average Bonchev–Trinajstić information content (AvgIpc) is 2.91. The second-order valence-electron chi connectivity index (χ2n) is 5.75. The van der Waals surface area contributed by atoms with E-state index in [2.05, 4.69) is 5.32 Å². The van der Waals surface area contributed by atoms with Gasteiger partial charge in [0.25, 0.3) is 0 Å². The molecule has 0 aliphatic carbocycles. The summed E-state index contributed by atoms with van der Waals surface area (Å²) in [5.74, 6) is -2.30. The van der Waals surface area contributed by atoms with Crippen molar-refractivity contribution in [2.45, 2.75) is 0 Å². The second kappa shape index (κ2) is 7.59. The molecular weight excluding hydrogens is 364 g/mol. The molecule has 9 nitrogen and oxygen atoms in total. The van der Waals surface area contributed by atoms with Gasteiger partial charge in [-0.2, -0.15) is 5.26 Å². The van der Waals surface area contributed by atoms with Crippen LogP contribution in [-0.2, 0) is 14.4 Å². The Morgan fingerprint density at radius 2 is 1.82 bits per heavy atom. The molecule has 1 heterocycles. The van der Waals surface area contributed by atoms with E-state index in [1.807, 2.05) is 6.07 Å². The topological polar surface area (TPSA) is 120 Å². The number of carbonyl (C=O) groups is 4. The lowest BCUT2D eigenvalue weighted by Gasteiger charge is -2.15. The van der Waals surface area contributed by atoms with Crippen LogP contribution in [0.4, 0.5) is 16.2 Å². The van der Waals surface area contributed by atoms with Crippen molar-refractivity contribution in [1.29, 1.82) is 5.26 Å². The van der Waals surface area contributed by atoms with Crippen LogP contribution in [0.5, 0.6) is 5.75 Å². The van der Waals surface area contributed by atoms with Gasteiger partial charge in [0.05, 0.1) is 24.4 Å². The number of nitrogens with zero attached hydrogens (tertiary/aromatic N) is 3. The average molecular weight is 378 g/mol. The number of hydrogen-bond donors (Lipinski definition) is 1. The molecular formula is C19H14N4O5. The molecule has 2 aromatic rings. The van der Waals surface area contributed by atoms with Gasteiger partial charge in [-0.3, -0.25) is 14.4 Å². The molecule has 1 N–H and O–H groups in total. The monoisotopic (exact) mass is 378 g/mol. The summed E-state index contributed by atoms with van der Waals surface area (Å²) in [6.45, 7) is -0.632. The van der Waals surface area contributed by atoms with E-state index in [4.69, 9.17) is 10.00 Å². The van der Waals surface area contributed by atoms with Crippen molar-refractivity contribution in [1.82, 2.24) is 4.90 Å². The van der Waals surface area contributed by atoms with Crippen LogP contribution < -0.4 is 15.0 Å². The zero-order valence-electron chi connectivity index (χ0n) is 14.7. The summed E-state index contributed by atoms with van der Waals surface area (Å²) in [6, 6.07) is 13.2. The maximum Gasteiger partial charge on any atom is 0.339 e. The van der Waals surface area contributed by atoms with E-state index in [1.165, 1.54) is 37.4 Å². The number of hydrogen-bond acceptors (Lipinski definition) is 6. The van der Waals surface area contributed by atoms with Crippen molar-refractivity contribution >= 4 is 35.1 Å². The van der Waals surface area contributed by atoms with Crippen LogP contribution in [0, 0.1) is 11.3 Å². The summed E-state index contributed by atoms with van der Waals surface area (Å²) in [5, 5.41) is 11.4. The van der Waals surface area contributed by atoms with Crippen molar-refractivity contribution < 1.29 is 23.9 Å². The minimum absolute atomic E-state index is 0.189. The number of nitrogens with one attached hydrogen (secondary N) is 1. The molecule has 1 saturated heterocycles. The quantitative estimate of drug-likeness (QED) is 0.622. The van der Waals surface area contributed by atoms with Crippen LogP contribution >= 0.6 is 0 Å². The molecule has 0 aromatic heterocycles. The van der Waals surface area contributed by atoms with Crippen LogP contribution in [0.3, 0.4) is 0 Å². The predicted molar refractivity (Wildman–Crippen MR) is 97.4 cm³/mol. The fourth-order valence-electron chi connectivity index (χ4n) is 2.61. The first kappa shape index (κ1) is 18.6. The Hall–Kier alpha value is -4.19. The van der Waals surface area contributed by atoms with Gasteiger partial charge in [-0.25, -0.2) is 14.6 Å². The molecule has 3 rings (SSSR count). The van der Waals surface area contributed by atoms with Gasteiger partial charge in [-0.05, 0) is 42.5 Å². The number of anilines is 2. The molecule has 0 atom stereocenters. The summed E-state index contributed by atoms with van der Waals surface area (Å²) in [4.78, 5) is 50.4. The van der Waals surface area contributed by atoms with E-state index >= 15 is 0 Å². The maximum absolute atomic E-state index is 12.5. The fourth-order valence-corrected chi connectivity index (χ4v) is 2.61. The maximum atomic E-state index is 12.5. The largest absolute Gasteiger partial charge is 0.497 e. The first-order chi connectivity index (χ1) is 13.4. The molecule has 1 fully saturated rings.